The molecule has 3 aliphatic heterocycles. The monoisotopic (exact) mass is 544 g/mol. The summed E-state index contributed by atoms with van der Waals surface area (Å²) in [7, 11) is 1.84. The van der Waals surface area contributed by atoms with Gasteiger partial charge >= 0.3 is 0 Å². The van der Waals surface area contributed by atoms with Crippen LogP contribution in [-0.4, -0.2) is 71.9 Å². The maximum atomic E-state index is 13.3. The molecule has 3 aliphatic rings. The first kappa shape index (κ1) is 25.7. The number of carbonyl (C=O) groups excluding carboxylic acids is 3. The normalized spacial score (nSPS) is 19.6. The minimum Gasteiger partial charge on any atom is -0.376 e. The Balaban J connectivity index is 1.08. The average molecular weight is 545 g/mol. The zero-order chi connectivity index (χ0) is 26.9. The van der Waals surface area contributed by atoms with Crippen LogP contribution in [-0.2, 0) is 16.1 Å². The molecule has 0 spiro atoms. The fraction of sp³-hybridized carbons (Fsp3) is 0.400. The van der Waals surface area contributed by atoms with Gasteiger partial charge in [0.05, 0.1) is 41.7 Å². The van der Waals surface area contributed by atoms with Crippen molar-refractivity contribution in [1.29, 1.82) is 0 Å². The number of imide groups is 1. The molecule has 6 rings (SSSR count). The lowest BCUT2D eigenvalue weighted by atomic mass is 9.94. The van der Waals surface area contributed by atoms with Crippen molar-refractivity contribution in [3.8, 4) is 10.6 Å². The number of amides is 3. The summed E-state index contributed by atoms with van der Waals surface area (Å²) >= 11 is 1.59. The molecule has 0 saturated carbocycles. The molecule has 1 unspecified atom stereocenters. The van der Waals surface area contributed by atoms with Crippen LogP contribution in [0.2, 0.25) is 0 Å². The third kappa shape index (κ3) is 5.08. The summed E-state index contributed by atoms with van der Waals surface area (Å²) in [6.07, 6.45) is 3.14. The minimum atomic E-state index is -0.239. The number of hydrogen-bond donors (Lipinski definition) is 0. The van der Waals surface area contributed by atoms with Crippen LogP contribution in [0.4, 0.5) is 5.69 Å². The number of ether oxygens (including phenoxy) is 1. The van der Waals surface area contributed by atoms with Crippen LogP contribution < -0.4 is 4.90 Å². The summed E-state index contributed by atoms with van der Waals surface area (Å²) in [6.45, 7) is 2.78. The number of carbonyl (C=O) groups is 3. The lowest BCUT2D eigenvalue weighted by molar-refractivity contribution is -0.135. The number of thiazole rings is 1. The van der Waals surface area contributed by atoms with Crippen molar-refractivity contribution in [3.05, 3.63) is 70.7 Å². The highest BCUT2D eigenvalue weighted by molar-refractivity contribution is 7.13. The number of anilines is 1. The Bertz CT molecular complexity index is 1380. The van der Waals surface area contributed by atoms with Crippen LogP contribution in [0.1, 0.15) is 52.1 Å². The lowest BCUT2D eigenvalue weighted by Crippen LogP contribution is -2.41. The highest BCUT2D eigenvalue weighted by atomic mass is 32.1. The van der Waals surface area contributed by atoms with E-state index in [1.54, 1.807) is 22.3 Å². The Labute approximate surface area is 232 Å². The molecule has 1 aromatic heterocycles. The number of fused-ring (bicyclic) bond motifs is 1. The van der Waals surface area contributed by atoms with E-state index < -0.39 is 0 Å². The highest BCUT2D eigenvalue weighted by Gasteiger charge is 2.40. The minimum absolute atomic E-state index is 0.0800. The van der Waals surface area contributed by atoms with Crippen molar-refractivity contribution in [3.63, 3.8) is 0 Å². The van der Waals surface area contributed by atoms with E-state index >= 15 is 0 Å². The number of aromatic nitrogens is 1. The second kappa shape index (κ2) is 10.9. The zero-order valence-electron chi connectivity index (χ0n) is 22.0. The standard InChI is InChI=1S/C30H32N4O4S/c1-32(17-22-19-39-27(31-22)20-7-3-2-4-8-20)28(35)21-12-14-33(15-13-21)25-11-5-10-24-26(25)30(37)34(29(24)36)18-23-9-6-16-38-23/h2-5,7-8,10-11,19,21,23H,6,9,12-18H2,1H3. The maximum Gasteiger partial charge on any atom is 0.263 e. The van der Waals surface area contributed by atoms with E-state index in [0.717, 1.165) is 34.8 Å². The Morgan fingerprint density at radius 3 is 2.59 bits per heavy atom. The third-order valence-electron chi connectivity index (χ3n) is 7.92. The largest absolute Gasteiger partial charge is 0.376 e. The summed E-state index contributed by atoms with van der Waals surface area (Å²) in [5.41, 5.74) is 3.71. The van der Waals surface area contributed by atoms with Gasteiger partial charge in [0.25, 0.3) is 11.8 Å². The number of benzene rings is 2. The molecule has 3 amide bonds. The quantitative estimate of drug-likeness (QED) is 0.409. The van der Waals surface area contributed by atoms with Gasteiger partial charge < -0.3 is 14.5 Å². The average Bonchev–Trinajstić information content (AvgIpc) is 3.72. The molecule has 2 fully saturated rings. The van der Waals surface area contributed by atoms with Gasteiger partial charge in [-0.1, -0.05) is 36.4 Å². The van der Waals surface area contributed by atoms with E-state index in [4.69, 9.17) is 9.72 Å². The Morgan fingerprint density at radius 1 is 1.05 bits per heavy atom. The van der Waals surface area contributed by atoms with Gasteiger partial charge in [0.2, 0.25) is 5.91 Å². The summed E-state index contributed by atoms with van der Waals surface area (Å²) in [4.78, 5) is 49.7. The smallest absolute Gasteiger partial charge is 0.263 e. The topological polar surface area (TPSA) is 83.1 Å². The molecule has 4 heterocycles. The summed E-state index contributed by atoms with van der Waals surface area (Å²) in [5.74, 6) is -0.437. The molecule has 0 N–H and O–H groups in total. The predicted molar refractivity (Wildman–Crippen MR) is 150 cm³/mol. The molecule has 3 aromatic rings. The molecule has 9 heteroatoms. The van der Waals surface area contributed by atoms with Crippen molar-refractivity contribution < 1.29 is 19.1 Å². The van der Waals surface area contributed by atoms with Gasteiger partial charge in [0, 0.05) is 43.6 Å². The van der Waals surface area contributed by atoms with E-state index in [0.29, 0.717) is 56.8 Å². The molecule has 39 heavy (non-hydrogen) atoms. The molecule has 1 atom stereocenters. The maximum absolute atomic E-state index is 13.3. The summed E-state index contributed by atoms with van der Waals surface area (Å²) < 4.78 is 5.67. The van der Waals surface area contributed by atoms with Gasteiger partial charge in [-0.2, -0.15) is 0 Å². The lowest BCUT2D eigenvalue weighted by Gasteiger charge is -2.35. The van der Waals surface area contributed by atoms with E-state index in [1.165, 1.54) is 4.90 Å². The zero-order valence-corrected chi connectivity index (χ0v) is 22.9. The van der Waals surface area contributed by atoms with E-state index in [1.807, 2.05) is 54.9 Å². The molecular weight excluding hydrogens is 512 g/mol. The van der Waals surface area contributed by atoms with E-state index in [-0.39, 0.29) is 29.7 Å². The van der Waals surface area contributed by atoms with Gasteiger partial charge in [0.15, 0.2) is 0 Å². The Morgan fingerprint density at radius 2 is 1.85 bits per heavy atom. The Hall–Kier alpha value is -3.56. The van der Waals surface area contributed by atoms with Crippen molar-refractivity contribution in [2.75, 3.05) is 38.2 Å². The third-order valence-corrected chi connectivity index (χ3v) is 8.86. The molecule has 0 bridgehead atoms. The second-order valence-corrected chi connectivity index (χ2v) is 11.4. The first-order valence-electron chi connectivity index (χ1n) is 13.6. The van der Waals surface area contributed by atoms with Crippen LogP contribution in [0.3, 0.4) is 0 Å². The fourth-order valence-corrected chi connectivity index (χ4v) is 6.65. The van der Waals surface area contributed by atoms with E-state index in [9.17, 15) is 14.4 Å². The molecule has 8 nitrogen and oxygen atoms in total. The van der Waals surface area contributed by atoms with Crippen LogP contribution in [0.25, 0.3) is 10.6 Å². The molecule has 2 aromatic carbocycles. The molecule has 0 radical (unpaired) electrons. The van der Waals surface area contributed by atoms with Crippen LogP contribution in [0.5, 0.6) is 0 Å². The molecule has 202 valence electrons. The molecular formula is C30H32N4O4S. The summed E-state index contributed by atoms with van der Waals surface area (Å²) in [5, 5.41) is 2.98. The molecule has 0 aliphatic carbocycles. The van der Waals surface area contributed by atoms with Gasteiger partial charge in [-0.3, -0.25) is 19.3 Å². The highest BCUT2D eigenvalue weighted by Crippen LogP contribution is 2.35. The van der Waals surface area contributed by atoms with Crippen LogP contribution in [0.15, 0.2) is 53.9 Å². The van der Waals surface area contributed by atoms with Gasteiger partial charge in [-0.05, 0) is 37.8 Å². The first-order valence-corrected chi connectivity index (χ1v) is 14.5. The first-order chi connectivity index (χ1) is 19.0. The number of piperidine rings is 1. The summed E-state index contributed by atoms with van der Waals surface area (Å²) in [6, 6.07) is 15.6. The van der Waals surface area contributed by atoms with Crippen LogP contribution >= 0.6 is 11.3 Å². The van der Waals surface area contributed by atoms with Crippen molar-refractivity contribution >= 4 is 34.7 Å². The predicted octanol–water partition coefficient (Wildman–Crippen LogP) is 4.46. The molecule has 2 saturated heterocycles. The Kier molecular flexibility index (Phi) is 7.18. The number of rotatable bonds is 7. The van der Waals surface area contributed by atoms with E-state index in [2.05, 4.69) is 4.90 Å². The van der Waals surface area contributed by atoms with Crippen LogP contribution in [0, 0.1) is 5.92 Å². The van der Waals surface area contributed by atoms with Crippen molar-refractivity contribution in [2.24, 2.45) is 5.92 Å². The number of nitrogens with zero attached hydrogens (tertiary/aromatic N) is 4. The SMILES string of the molecule is CN(Cc1csc(-c2ccccc2)n1)C(=O)C1CCN(c2cccc3c2C(=O)N(CC2CCCO2)C3=O)CC1. The van der Waals surface area contributed by atoms with Gasteiger partial charge in [0.1, 0.15) is 5.01 Å². The second-order valence-electron chi connectivity index (χ2n) is 10.5. The number of hydrogen-bond acceptors (Lipinski definition) is 7. The van der Waals surface area contributed by atoms with Gasteiger partial charge in [-0.25, -0.2) is 4.98 Å². The fourth-order valence-electron chi connectivity index (χ4n) is 5.83. The van der Waals surface area contributed by atoms with Crippen molar-refractivity contribution in [1.82, 2.24) is 14.8 Å². The van der Waals surface area contributed by atoms with Crippen molar-refractivity contribution in [2.45, 2.75) is 38.3 Å². The van der Waals surface area contributed by atoms with Gasteiger partial charge in [-0.15, -0.1) is 11.3 Å².